The van der Waals surface area contributed by atoms with Gasteiger partial charge < -0.3 is 9.47 Å². The zero-order valence-electron chi connectivity index (χ0n) is 15.7. The molecule has 2 aromatic rings. The van der Waals surface area contributed by atoms with Crippen LogP contribution in [-0.4, -0.2) is 24.6 Å². The fourth-order valence-corrected chi connectivity index (χ4v) is 3.10. The molecule has 156 valence electrons. The Kier molecular flexibility index (Phi) is 6.73. The summed E-state index contributed by atoms with van der Waals surface area (Å²) in [7, 11) is 1.22. The molecule has 2 aromatic carbocycles. The van der Waals surface area contributed by atoms with Crippen LogP contribution in [0.3, 0.4) is 0 Å². The first-order chi connectivity index (χ1) is 13.5. The molecule has 1 atom stereocenters. The minimum absolute atomic E-state index is 0.0204. The summed E-state index contributed by atoms with van der Waals surface area (Å²) >= 11 is 5.94. The highest BCUT2D eigenvalue weighted by atomic mass is 35.5. The van der Waals surface area contributed by atoms with E-state index < -0.39 is 39.8 Å². The Labute approximate surface area is 169 Å². The minimum Gasteiger partial charge on any atom is -0.496 e. The third-order valence-corrected chi connectivity index (χ3v) is 4.47. The van der Waals surface area contributed by atoms with E-state index in [-0.39, 0.29) is 28.5 Å². The summed E-state index contributed by atoms with van der Waals surface area (Å²) in [5.74, 6) is -2.00. The first-order valence-corrected chi connectivity index (χ1v) is 8.79. The number of nitrogens with zero attached hydrogens (tertiary/aromatic N) is 1. The maximum absolute atomic E-state index is 13.7. The molecule has 0 saturated carbocycles. The van der Waals surface area contributed by atoms with E-state index in [4.69, 9.17) is 21.1 Å². The van der Waals surface area contributed by atoms with E-state index >= 15 is 0 Å². The fraction of sp³-hybridized carbons (Fsp3) is 0.316. The molecule has 1 unspecified atom stereocenters. The van der Waals surface area contributed by atoms with Gasteiger partial charge in [-0.1, -0.05) is 17.7 Å². The van der Waals surface area contributed by atoms with Crippen molar-refractivity contribution in [3.63, 3.8) is 0 Å². The Bertz CT molecular complexity index is 946. The SMILES string of the molecule is CCOC(=O)C(C)c1ccc(C(F)(F)F)c(-c2cc(Cl)ccc2OC)c1[N+](=O)[O-]. The molecule has 0 saturated heterocycles. The molecule has 0 fully saturated rings. The van der Waals surface area contributed by atoms with E-state index in [9.17, 15) is 28.1 Å². The molecular weight excluding hydrogens is 415 g/mol. The highest BCUT2D eigenvalue weighted by molar-refractivity contribution is 6.31. The number of ether oxygens (including phenoxy) is 2. The zero-order chi connectivity index (χ0) is 21.9. The van der Waals surface area contributed by atoms with Crippen molar-refractivity contribution >= 4 is 23.3 Å². The van der Waals surface area contributed by atoms with E-state index in [0.29, 0.717) is 6.07 Å². The molecule has 0 N–H and O–H groups in total. The second kappa shape index (κ2) is 8.69. The third-order valence-electron chi connectivity index (χ3n) is 4.23. The Hall–Kier alpha value is -2.81. The molecule has 0 aromatic heterocycles. The van der Waals surface area contributed by atoms with E-state index in [2.05, 4.69) is 0 Å². The highest BCUT2D eigenvalue weighted by Crippen LogP contribution is 2.48. The average molecular weight is 432 g/mol. The van der Waals surface area contributed by atoms with Crippen LogP contribution in [0.1, 0.15) is 30.9 Å². The molecule has 29 heavy (non-hydrogen) atoms. The predicted molar refractivity (Wildman–Crippen MR) is 100 cm³/mol. The van der Waals surface area contributed by atoms with Gasteiger partial charge in [-0.2, -0.15) is 13.2 Å². The smallest absolute Gasteiger partial charge is 0.417 e. The Morgan fingerprint density at radius 2 is 1.93 bits per heavy atom. The van der Waals surface area contributed by atoms with Crippen molar-refractivity contribution in [2.45, 2.75) is 25.9 Å². The molecule has 0 spiro atoms. The van der Waals surface area contributed by atoms with Gasteiger partial charge in [-0.15, -0.1) is 0 Å². The van der Waals surface area contributed by atoms with Gasteiger partial charge >= 0.3 is 12.1 Å². The van der Waals surface area contributed by atoms with Crippen LogP contribution in [0.5, 0.6) is 5.75 Å². The highest BCUT2D eigenvalue weighted by Gasteiger charge is 2.41. The zero-order valence-corrected chi connectivity index (χ0v) is 16.4. The third kappa shape index (κ3) is 4.61. The number of nitro groups is 1. The van der Waals surface area contributed by atoms with Gasteiger partial charge in [0.2, 0.25) is 0 Å². The number of methoxy groups -OCH3 is 1. The lowest BCUT2D eigenvalue weighted by Gasteiger charge is -2.19. The van der Waals surface area contributed by atoms with Crippen molar-refractivity contribution in [3.8, 4) is 16.9 Å². The van der Waals surface area contributed by atoms with E-state index in [0.717, 1.165) is 12.1 Å². The summed E-state index contributed by atoms with van der Waals surface area (Å²) < 4.78 is 51.2. The number of hydrogen-bond acceptors (Lipinski definition) is 5. The van der Waals surface area contributed by atoms with Gasteiger partial charge in [0.1, 0.15) is 5.75 Å². The van der Waals surface area contributed by atoms with Crippen LogP contribution < -0.4 is 4.74 Å². The van der Waals surface area contributed by atoms with Crippen LogP contribution >= 0.6 is 11.6 Å². The Morgan fingerprint density at radius 1 is 1.28 bits per heavy atom. The van der Waals surface area contributed by atoms with Crippen LogP contribution in [0.4, 0.5) is 18.9 Å². The number of carbonyl (C=O) groups excluding carboxylic acids is 1. The van der Waals surface area contributed by atoms with E-state index in [1.165, 1.54) is 26.2 Å². The summed E-state index contributed by atoms with van der Waals surface area (Å²) in [6, 6.07) is 5.46. The number of nitro benzene ring substituents is 1. The summed E-state index contributed by atoms with van der Waals surface area (Å²) in [6.07, 6.45) is -4.90. The molecule has 6 nitrogen and oxygen atoms in total. The maximum atomic E-state index is 13.7. The number of benzene rings is 2. The lowest BCUT2D eigenvalue weighted by molar-refractivity contribution is -0.385. The van der Waals surface area contributed by atoms with Crippen LogP contribution in [0, 0.1) is 10.1 Å². The van der Waals surface area contributed by atoms with Crippen LogP contribution in [-0.2, 0) is 15.7 Å². The van der Waals surface area contributed by atoms with Crippen molar-refractivity contribution < 1.29 is 32.4 Å². The topological polar surface area (TPSA) is 78.7 Å². The molecule has 2 rings (SSSR count). The first-order valence-electron chi connectivity index (χ1n) is 8.41. The number of carbonyl (C=O) groups is 1. The number of halogens is 4. The molecule has 0 aliphatic rings. The number of hydrogen-bond donors (Lipinski definition) is 0. The molecule has 10 heteroatoms. The van der Waals surface area contributed by atoms with Gasteiger partial charge in [0.25, 0.3) is 5.69 Å². The Balaban J connectivity index is 2.96. The van der Waals surface area contributed by atoms with Crippen LogP contribution in [0.25, 0.3) is 11.1 Å². The van der Waals surface area contributed by atoms with Gasteiger partial charge in [-0.25, -0.2) is 0 Å². The summed E-state index contributed by atoms with van der Waals surface area (Å²) in [5.41, 5.74) is -3.25. The standard InChI is InChI=1S/C19H17ClF3NO5/c1-4-29-18(25)10(2)12-6-7-14(19(21,22)23)16(17(12)24(26)27)13-9-11(20)5-8-15(13)28-3/h5-10H,4H2,1-3H3. The van der Waals surface area contributed by atoms with Crippen molar-refractivity contribution in [1.29, 1.82) is 0 Å². The largest absolute Gasteiger partial charge is 0.496 e. The number of rotatable bonds is 6. The molecular formula is C19H17ClF3NO5. The first kappa shape index (κ1) is 22.5. The minimum atomic E-state index is -4.90. The normalized spacial score (nSPS) is 12.4. The van der Waals surface area contributed by atoms with Crippen molar-refractivity contribution in [2.75, 3.05) is 13.7 Å². The van der Waals surface area contributed by atoms with Gasteiger partial charge in [0.05, 0.1) is 35.7 Å². The van der Waals surface area contributed by atoms with Gasteiger partial charge in [-0.3, -0.25) is 14.9 Å². The Morgan fingerprint density at radius 3 is 2.45 bits per heavy atom. The lowest BCUT2D eigenvalue weighted by atomic mass is 9.89. The fourth-order valence-electron chi connectivity index (χ4n) is 2.93. The lowest BCUT2D eigenvalue weighted by Crippen LogP contribution is -2.17. The van der Waals surface area contributed by atoms with Crippen molar-refractivity contribution in [3.05, 3.63) is 56.6 Å². The molecule has 0 aliphatic carbocycles. The van der Waals surface area contributed by atoms with Crippen LogP contribution in [0.15, 0.2) is 30.3 Å². The monoisotopic (exact) mass is 431 g/mol. The van der Waals surface area contributed by atoms with Gasteiger partial charge in [-0.05, 0) is 38.1 Å². The molecule has 0 bridgehead atoms. The summed E-state index contributed by atoms with van der Waals surface area (Å²) in [6.45, 7) is 2.90. The quantitative estimate of drug-likeness (QED) is 0.337. The van der Waals surface area contributed by atoms with Crippen molar-refractivity contribution in [2.24, 2.45) is 0 Å². The molecule has 0 aliphatic heterocycles. The average Bonchev–Trinajstić information content (AvgIpc) is 2.65. The van der Waals surface area contributed by atoms with Crippen molar-refractivity contribution in [1.82, 2.24) is 0 Å². The molecule has 0 radical (unpaired) electrons. The molecule has 0 amide bonds. The molecule has 0 heterocycles. The second-order valence-corrected chi connectivity index (χ2v) is 6.44. The van der Waals surface area contributed by atoms with Crippen LogP contribution in [0.2, 0.25) is 5.02 Å². The number of alkyl halides is 3. The summed E-state index contributed by atoms with van der Waals surface area (Å²) in [5, 5.41) is 11.9. The number of esters is 1. The summed E-state index contributed by atoms with van der Waals surface area (Å²) in [4.78, 5) is 23.0. The van der Waals surface area contributed by atoms with Gasteiger partial charge in [0.15, 0.2) is 0 Å². The van der Waals surface area contributed by atoms with E-state index in [1.54, 1.807) is 6.92 Å². The van der Waals surface area contributed by atoms with E-state index in [1.807, 2.05) is 0 Å². The second-order valence-electron chi connectivity index (χ2n) is 6.00. The predicted octanol–water partition coefficient (Wildman–Crippen LogP) is 5.61. The van der Waals surface area contributed by atoms with Gasteiger partial charge in [0, 0.05) is 16.1 Å². The maximum Gasteiger partial charge on any atom is 0.417 e.